The number of fused-ring (bicyclic) bond motifs is 3. The number of carbonyl (C=O) groups excluding carboxylic acids is 3. The highest BCUT2D eigenvalue weighted by atomic mass is 16.6. The van der Waals surface area contributed by atoms with Gasteiger partial charge in [0.05, 0.1) is 0 Å². The number of aryl methyl sites for hydroxylation is 1. The van der Waals surface area contributed by atoms with Crippen molar-refractivity contribution in [1.29, 1.82) is 0 Å². The first-order chi connectivity index (χ1) is 18.5. The number of amides is 1. The summed E-state index contributed by atoms with van der Waals surface area (Å²) in [6.45, 7) is 8.09. The summed E-state index contributed by atoms with van der Waals surface area (Å²) in [6.07, 6.45) is 7.61. The number of alkyl carbamates (subject to hydrolysis) is 1. The Bertz CT molecular complexity index is 1300. The molecule has 9 heteroatoms. The average molecular weight is 537 g/mol. The van der Waals surface area contributed by atoms with Crippen LogP contribution in [0.15, 0.2) is 36.7 Å². The van der Waals surface area contributed by atoms with Gasteiger partial charge in [0.25, 0.3) is 0 Å². The molecule has 0 saturated heterocycles. The van der Waals surface area contributed by atoms with Gasteiger partial charge in [0, 0.05) is 54.1 Å². The van der Waals surface area contributed by atoms with Crippen LogP contribution in [0.4, 0.5) is 4.79 Å². The van der Waals surface area contributed by atoms with Gasteiger partial charge in [-0.25, -0.2) is 9.59 Å². The van der Waals surface area contributed by atoms with Crippen LogP contribution in [0.1, 0.15) is 75.9 Å². The van der Waals surface area contributed by atoms with Crippen LogP contribution in [-0.4, -0.2) is 62.8 Å². The van der Waals surface area contributed by atoms with E-state index in [4.69, 9.17) is 9.47 Å². The van der Waals surface area contributed by atoms with E-state index in [9.17, 15) is 14.4 Å². The smallest absolute Gasteiger partial charge is 0.408 e. The van der Waals surface area contributed by atoms with Crippen molar-refractivity contribution >= 4 is 28.7 Å². The molecule has 1 amide bonds. The predicted octanol–water partition coefficient (Wildman–Crippen LogP) is 4.70. The summed E-state index contributed by atoms with van der Waals surface area (Å²) in [5, 5.41) is 3.84. The molecule has 1 aromatic heterocycles. The zero-order valence-electron chi connectivity index (χ0n) is 23.7. The number of nitrogens with zero attached hydrogens (tertiary/aromatic N) is 3. The summed E-state index contributed by atoms with van der Waals surface area (Å²) in [5.74, 6) is -0.330. The molecule has 3 aliphatic rings. The van der Waals surface area contributed by atoms with Gasteiger partial charge in [-0.3, -0.25) is 4.79 Å². The lowest BCUT2D eigenvalue weighted by Crippen LogP contribution is -2.55. The zero-order chi connectivity index (χ0) is 27.9. The van der Waals surface area contributed by atoms with Gasteiger partial charge in [0.1, 0.15) is 17.3 Å². The van der Waals surface area contributed by atoms with Gasteiger partial charge in [-0.2, -0.15) is 0 Å². The molecule has 1 N–H and O–H groups in total. The number of ether oxygens (including phenoxy) is 2. The van der Waals surface area contributed by atoms with E-state index in [2.05, 4.69) is 20.9 Å². The Morgan fingerprint density at radius 3 is 2.51 bits per heavy atom. The molecule has 5 rings (SSSR count). The van der Waals surface area contributed by atoms with Gasteiger partial charge in [0.2, 0.25) is 0 Å². The molecule has 39 heavy (non-hydrogen) atoms. The molecule has 2 unspecified atom stereocenters. The van der Waals surface area contributed by atoms with Crippen molar-refractivity contribution in [3.8, 4) is 0 Å². The van der Waals surface area contributed by atoms with Crippen LogP contribution in [0.3, 0.4) is 0 Å². The van der Waals surface area contributed by atoms with Crippen molar-refractivity contribution in [2.45, 2.75) is 83.5 Å². The minimum absolute atomic E-state index is 0.0663. The van der Waals surface area contributed by atoms with E-state index in [1.54, 1.807) is 20.8 Å². The maximum absolute atomic E-state index is 13.6. The molecule has 210 valence electrons. The zero-order valence-corrected chi connectivity index (χ0v) is 23.7. The standard InChI is InChI=1S/C30H40N4O5/c1-20-33(18-21-12-13-24-25(26(21)35)22-10-6-7-11-23(22)32(24)5)16-17-34(20)19-38-27(36)30(14-8-9-15-30)31-28(37)39-29(2,3)4/h6-7,10-11,16-17,20-21H,8-9,12-15,18-19H2,1-5H3,(H,31,37). The van der Waals surface area contributed by atoms with E-state index >= 15 is 0 Å². The summed E-state index contributed by atoms with van der Waals surface area (Å²) >= 11 is 0. The van der Waals surface area contributed by atoms with E-state index in [1.165, 1.54) is 0 Å². The number of esters is 1. The van der Waals surface area contributed by atoms with Gasteiger partial charge in [-0.05, 0) is 59.4 Å². The molecule has 0 bridgehead atoms. The lowest BCUT2D eigenvalue weighted by Gasteiger charge is -2.34. The van der Waals surface area contributed by atoms with Crippen LogP contribution in [0, 0.1) is 5.92 Å². The number of hydrogen-bond acceptors (Lipinski definition) is 7. The van der Waals surface area contributed by atoms with Crippen LogP contribution >= 0.6 is 0 Å². The molecular formula is C30H40N4O5. The quantitative estimate of drug-likeness (QED) is 0.535. The van der Waals surface area contributed by atoms with Crippen LogP contribution in [0.25, 0.3) is 10.9 Å². The molecule has 1 aromatic carbocycles. The molecule has 9 nitrogen and oxygen atoms in total. The van der Waals surface area contributed by atoms with E-state index < -0.39 is 23.2 Å². The van der Waals surface area contributed by atoms with Crippen LogP contribution in [0.5, 0.6) is 0 Å². The fourth-order valence-corrected chi connectivity index (χ4v) is 6.19. The highest BCUT2D eigenvalue weighted by Crippen LogP contribution is 2.35. The highest BCUT2D eigenvalue weighted by Gasteiger charge is 2.45. The van der Waals surface area contributed by atoms with Gasteiger partial charge < -0.3 is 29.2 Å². The maximum Gasteiger partial charge on any atom is 0.408 e. The third-order valence-corrected chi connectivity index (χ3v) is 8.35. The van der Waals surface area contributed by atoms with Crippen molar-refractivity contribution in [2.75, 3.05) is 13.3 Å². The Morgan fingerprint density at radius 2 is 1.79 bits per heavy atom. The number of hydrogen-bond donors (Lipinski definition) is 1. The second-order valence-corrected chi connectivity index (χ2v) is 12.1. The molecular weight excluding hydrogens is 496 g/mol. The van der Waals surface area contributed by atoms with E-state index in [0.717, 1.165) is 47.8 Å². The second kappa shape index (κ2) is 10.2. The molecule has 2 aliphatic carbocycles. The molecule has 1 aliphatic heterocycles. The van der Waals surface area contributed by atoms with Gasteiger partial charge in [0.15, 0.2) is 12.5 Å². The van der Waals surface area contributed by atoms with Gasteiger partial charge >= 0.3 is 12.1 Å². The summed E-state index contributed by atoms with van der Waals surface area (Å²) in [6, 6.07) is 8.11. The molecule has 2 aromatic rings. The van der Waals surface area contributed by atoms with Crippen molar-refractivity contribution in [1.82, 2.24) is 19.7 Å². The van der Waals surface area contributed by atoms with E-state index in [-0.39, 0.29) is 24.6 Å². The number of Topliss-reactive ketones (excluding diaryl/α,β-unsaturated/α-hetero) is 1. The number of carbonyl (C=O) groups is 3. The normalized spacial score (nSPS) is 22.3. The SMILES string of the molecule is CC1N(COC(=O)C2(NC(=O)OC(C)(C)C)CCCC2)C=CN1CC1CCc2c(c3ccccc3n2C)C1=O. The average Bonchev–Trinajstić information content (AvgIpc) is 3.56. The first kappa shape index (κ1) is 27.1. The van der Waals surface area contributed by atoms with Crippen molar-refractivity contribution in [3.05, 3.63) is 47.9 Å². The first-order valence-corrected chi connectivity index (χ1v) is 14.0. The van der Waals surface area contributed by atoms with Crippen molar-refractivity contribution < 1.29 is 23.9 Å². The fraction of sp³-hybridized carbons (Fsp3) is 0.567. The number of rotatable bonds is 6. The molecule has 0 spiro atoms. The topological polar surface area (TPSA) is 93.1 Å². The Balaban J connectivity index is 1.19. The molecule has 1 saturated carbocycles. The number of benzene rings is 1. The summed E-state index contributed by atoms with van der Waals surface area (Å²) in [4.78, 5) is 43.3. The maximum atomic E-state index is 13.6. The molecule has 2 heterocycles. The third kappa shape index (κ3) is 5.23. The summed E-state index contributed by atoms with van der Waals surface area (Å²) in [5.41, 5.74) is 1.38. The Morgan fingerprint density at radius 1 is 1.10 bits per heavy atom. The minimum Gasteiger partial charge on any atom is -0.444 e. The van der Waals surface area contributed by atoms with Gasteiger partial charge in [-0.15, -0.1) is 0 Å². The molecule has 0 radical (unpaired) electrons. The Kier molecular flexibility index (Phi) is 7.11. The number of nitrogens with one attached hydrogen (secondary N) is 1. The summed E-state index contributed by atoms with van der Waals surface area (Å²) in [7, 11) is 2.04. The largest absolute Gasteiger partial charge is 0.444 e. The number of aromatic nitrogens is 1. The van der Waals surface area contributed by atoms with Crippen molar-refractivity contribution in [2.24, 2.45) is 13.0 Å². The Hall–Kier alpha value is -3.49. The van der Waals surface area contributed by atoms with Crippen molar-refractivity contribution in [3.63, 3.8) is 0 Å². The predicted molar refractivity (Wildman–Crippen MR) is 148 cm³/mol. The minimum atomic E-state index is -1.06. The highest BCUT2D eigenvalue weighted by molar-refractivity contribution is 6.11. The number of para-hydroxylation sites is 1. The summed E-state index contributed by atoms with van der Waals surface area (Å²) < 4.78 is 13.3. The number of ketones is 1. The van der Waals surface area contributed by atoms with E-state index in [1.807, 2.05) is 49.5 Å². The lowest BCUT2D eigenvalue weighted by atomic mass is 9.84. The monoisotopic (exact) mass is 536 g/mol. The third-order valence-electron chi connectivity index (χ3n) is 8.35. The lowest BCUT2D eigenvalue weighted by molar-refractivity contribution is -0.156. The fourth-order valence-electron chi connectivity index (χ4n) is 6.19. The van der Waals surface area contributed by atoms with Crippen LogP contribution in [-0.2, 0) is 27.7 Å². The molecule has 2 atom stereocenters. The first-order valence-electron chi connectivity index (χ1n) is 14.0. The Labute approximate surface area is 230 Å². The van der Waals surface area contributed by atoms with Crippen LogP contribution < -0.4 is 5.32 Å². The molecule has 1 fully saturated rings. The van der Waals surface area contributed by atoms with E-state index in [0.29, 0.717) is 19.4 Å². The second-order valence-electron chi connectivity index (χ2n) is 12.1. The van der Waals surface area contributed by atoms with Gasteiger partial charge in [-0.1, -0.05) is 31.0 Å². The van der Waals surface area contributed by atoms with Crippen LogP contribution in [0.2, 0.25) is 0 Å².